The molecule has 136 valence electrons. The molecule has 1 heterocycles. The van der Waals surface area contributed by atoms with Crippen molar-refractivity contribution in [2.45, 2.75) is 52.1 Å². The van der Waals surface area contributed by atoms with Crippen LogP contribution in [-0.4, -0.2) is 17.9 Å². The van der Waals surface area contributed by atoms with E-state index in [-0.39, 0.29) is 36.1 Å². The van der Waals surface area contributed by atoms with Crippen molar-refractivity contribution in [3.63, 3.8) is 0 Å². The zero-order chi connectivity index (χ0) is 18.4. The van der Waals surface area contributed by atoms with Crippen molar-refractivity contribution in [3.05, 3.63) is 47.8 Å². The first-order valence-corrected chi connectivity index (χ1v) is 8.87. The van der Waals surface area contributed by atoms with Gasteiger partial charge < -0.3 is 10.6 Å². The van der Waals surface area contributed by atoms with Crippen LogP contribution in [0.2, 0.25) is 0 Å². The van der Waals surface area contributed by atoms with E-state index in [4.69, 9.17) is 0 Å². The van der Waals surface area contributed by atoms with Crippen molar-refractivity contribution in [1.82, 2.24) is 10.6 Å². The molecule has 0 unspecified atom stereocenters. The largest absolute Gasteiger partial charge is 0.353 e. The molecule has 2 amide bonds. The lowest BCUT2D eigenvalue weighted by molar-refractivity contribution is -0.130. The van der Waals surface area contributed by atoms with Gasteiger partial charge >= 0.3 is 0 Å². The molecule has 0 saturated carbocycles. The van der Waals surface area contributed by atoms with Crippen molar-refractivity contribution in [1.29, 1.82) is 0 Å². The molecule has 0 radical (unpaired) electrons. The van der Waals surface area contributed by atoms with Crippen molar-refractivity contribution in [2.75, 3.05) is 0 Å². The molecule has 1 aliphatic heterocycles. The summed E-state index contributed by atoms with van der Waals surface area (Å²) in [7, 11) is 0. The highest BCUT2D eigenvalue weighted by Crippen LogP contribution is 2.20. The van der Waals surface area contributed by atoms with Crippen molar-refractivity contribution < 1.29 is 14.0 Å². The summed E-state index contributed by atoms with van der Waals surface area (Å²) in [6, 6.07) is 6.00. The first-order valence-electron chi connectivity index (χ1n) is 8.87. The van der Waals surface area contributed by atoms with E-state index in [2.05, 4.69) is 24.5 Å². The van der Waals surface area contributed by atoms with Gasteiger partial charge in [0.2, 0.25) is 11.8 Å². The molecular formula is C20H27FN2O2. The minimum absolute atomic E-state index is 0.0581. The Hall–Kier alpha value is -2.17. The highest BCUT2D eigenvalue weighted by Gasteiger charge is 2.23. The molecule has 1 aromatic rings. The molecule has 2 N–H and O–H groups in total. The third kappa shape index (κ3) is 5.69. The summed E-state index contributed by atoms with van der Waals surface area (Å²) in [5.74, 6) is -0.676. The number of hydrogen-bond donors (Lipinski definition) is 2. The molecule has 3 atom stereocenters. The fourth-order valence-electron chi connectivity index (χ4n) is 2.90. The normalized spacial score (nSPS) is 27.0. The maximum absolute atomic E-state index is 13.2. The Labute approximate surface area is 148 Å². The highest BCUT2D eigenvalue weighted by atomic mass is 19.1. The summed E-state index contributed by atoms with van der Waals surface area (Å²) in [5, 5.41) is 6.00. The second-order valence-corrected chi connectivity index (χ2v) is 7.08. The van der Waals surface area contributed by atoms with Crippen LogP contribution in [0.5, 0.6) is 0 Å². The fourth-order valence-corrected chi connectivity index (χ4v) is 2.90. The highest BCUT2D eigenvalue weighted by molar-refractivity contribution is 5.85. The second kappa shape index (κ2) is 8.79. The van der Waals surface area contributed by atoms with Gasteiger partial charge in [-0.05, 0) is 36.5 Å². The zero-order valence-electron chi connectivity index (χ0n) is 15.1. The summed E-state index contributed by atoms with van der Waals surface area (Å²) in [6.45, 7) is 5.90. The SMILES string of the molecule is CC(C)[C@@H]1C/C=C\C[C@H](c2ccc(F)cc2)NC(=O)[C@@H](C)CC(=O)N1. The van der Waals surface area contributed by atoms with Crippen LogP contribution >= 0.6 is 0 Å². The molecular weight excluding hydrogens is 319 g/mol. The van der Waals surface area contributed by atoms with Crippen molar-refractivity contribution >= 4 is 11.8 Å². The van der Waals surface area contributed by atoms with Crippen LogP contribution in [0.25, 0.3) is 0 Å². The maximum Gasteiger partial charge on any atom is 0.223 e. The van der Waals surface area contributed by atoms with Gasteiger partial charge in [0.05, 0.1) is 6.04 Å². The second-order valence-electron chi connectivity index (χ2n) is 7.08. The number of hydrogen-bond acceptors (Lipinski definition) is 2. The number of halogens is 1. The summed E-state index contributed by atoms with van der Waals surface area (Å²) < 4.78 is 13.2. The standard InChI is InChI=1S/C20H27FN2O2/c1-13(2)17-6-4-5-7-18(15-8-10-16(21)11-9-15)23-20(25)14(3)12-19(24)22-17/h4-5,8-11,13-14,17-18H,6-7,12H2,1-3H3,(H,22,24)(H,23,25)/b5-4-/t14-,17-,18+/m0/s1. The molecule has 0 fully saturated rings. The molecule has 0 saturated heterocycles. The molecule has 25 heavy (non-hydrogen) atoms. The quantitative estimate of drug-likeness (QED) is 0.805. The van der Waals surface area contributed by atoms with Crippen LogP contribution in [0, 0.1) is 17.7 Å². The Balaban J connectivity index is 2.22. The number of nitrogens with one attached hydrogen (secondary N) is 2. The number of amides is 2. The van der Waals surface area contributed by atoms with Gasteiger partial charge in [-0.1, -0.05) is 45.1 Å². The third-order valence-electron chi connectivity index (χ3n) is 4.61. The van der Waals surface area contributed by atoms with Gasteiger partial charge in [-0.25, -0.2) is 4.39 Å². The van der Waals surface area contributed by atoms with Crippen LogP contribution in [0.15, 0.2) is 36.4 Å². The minimum atomic E-state index is -0.417. The Morgan fingerprint density at radius 2 is 1.68 bits per heavy atom. The van der Waals surface area contributed by atoms with Crippen molar-refractivity contribution in [2.24, 2.45) is 11.8 Å². The number of carbonyl (C=O) groups excluding carboxylic acids is 2. The first kappa shape index (κ1) is 19.2. The van der Waals surface area contributed by atoms with Crippen LogP contribution in [0.4, 0.5) is 4.39 Å². The van der Waals surface area contributed by atoms with Gasteiger partial charge in [0, 0.05) is 18.4 Å². The van der Waals surface area contributed by atoms with E-state index in [9.17, 15) is 14.0 Å². The van der Waals surface area contributed by atoms with Crippen LogP contribution in [0.1, 0.15) is 51.6 Å². The van der Waals surface area contributed by atoms with E-state index in [1.54, 1.807) is 19.1 Å². The molecule has 0 aromatic heterocycles. The smallest absolute Gasteiger partial charge is 0.223 e. The van der Waals surface area contributed by atoms with E-state index in [1.165, 1.54) is 12.1 Å². The van der Waals surface area contributed by atoms with Gasteiger partial charge in [0.25, 0.3) is 0 Å². The molecule has 5 heteroatoms. The number of rotatable bonds is 2. The summed E-state index contributed by atoms with van der Waals surface area (Å²) in [6.07, 6.45) is 5.60. The third-order valence-corrected chi connectivity index (χ3v) is 4.61. The first-order chi connectivity index (χ1) is 11.9. The Bertz CT molecular complexity index is 625. The van der Waals surface area contributed by atoms with Gasteiger partial charge in [0.15, 0.2) is 0 Å². The lowest BCUT2D eigenvalue weighted by atomic mass is 9.96. The molecule has 1 aliphatic rings. The summed E-state index contributed by atoms with van der Waals surface area (Å²) >= 11 is 0. The molecule has 0 aliphatic carbocycles. The van der Waals surface area contributed by atoms with E-state index in [0.717, 1.165) is 12.0 Å². The van der Waals surface area contributed by atoms with Crippen LogP contribution in [-0.2, 0) is 9.59 Å². The van der Waals surface area contributed by atoms with Gasteiger partial charge in [-0.15, -0.1) is 0 Å². The topological polar surface area (TPSA) is 58.2 Å². The molecule has 0 bridgehead atoms. The summed E-state index contributed by atoms with van der Waals surface area (Å²) in [5.41, 5.74) is 0.855. The Kier molecular flexibility index (Phi) is 6.73. The van der Waals surface area contributed by atoms with Gasteiger partial charge in [-0.2, -0.15) is 0 Å². The van der Waals surface area contributed by atoms with E-state index in [0.29, 0.717) is 12.3 Å². The maximum atomic E-state index is 13.2. The molecule has 2 rings (SSSR count). The lowest BCUT2D eigenvalue weighted by Crippen LogP contribution is -2.41. The van der Waals surface area contributed by atoms with E-state index < -0.39 is 5.92 Å². The summed E-state index contributed by atoms with van der Waals surface area (Å²) in [4.78, 5) is 24.7. The van der Waals surface area contributed by atoms with Gasteiger partial charge in [0.1, 0.15) is 5.82 Å². The average Bonchev–Trinajstić information content (AvgIpc) is 2.55. The Morgan fingerprint density at radius 3 is 2.32 bits per heavy atom. The predicted molar refractivity (Wildman–Crippen MR) is 96.2 cm³/mol. The Morgan fingerprint density at radius 1 is 1.04 bits per heavy atom. The lowest BCUT2D eigenvalue weighted by Gasteiger charge is -2.24. The van der Waals surface area contributed by atoms with E-state index in [1.807, 2.05) is 12.2 Å². The predicted octanol–water partition coefficient (Wildman–Crippen LogP) is 3.50. The van der Waals surface area contributed by atoms with Crippen molar-refractivity contribution in [3.8, 4) is 0 Å². The zero-order valence-corrected chi connectivity index (χ0v) is 15.1. The monoisotopic (exact) mass is 346 g/mol. The number of benzene rings is 1. The van der Waals surface area contributed by atoms with Gasteiger partial charge in [-0.3, -0.25) is 9.59 Å². The average molecular weight is 346 g/mol. The number of carbonyl (C=O) groups is 2. The molecule has 0 spiro atoms. The minimum Gasteiger partial charge on any atom is -0.353 e. The van der Waals surface area contributed by atoms with Crippen LogP contribution in [0.3, 0.4) is 0 Å². The molecule has 4 nitrogen and oxygen atoms in total. The van der Waals surface area contributed by atoms with E-state index >= 15 is 0 Å². The molecule has 1 aromatic carbocycles. The fraction of sp³-hybridized carbons (Fsp3) is 0.500. The van der Waals surface area contributed by atoms with Crippen LogP contribution < -0.4 is 10.6 Å².